The number of nitrogens with one attached hydrogen (secondary N) is 1. The zero-order valence-electron chi connectivity index (χ0n) is 12.4. The van der Waals surface area contributed by atoms with E-state index in [1.807, 2.05) is 61.7 Å². The van der Waals surface area contributed by atoms with Crippen LogP contribution in [0.2, 0.25) is 0 Å². The molecule has 0 aromatic heterocycles. The summed E-state index contributed by atoms with van der Waals surface area (Å²) in [5.41, 5.74) is 1.83. The summed E-state index contributed by atoms with van der Waals surface area (Å²) in [5, 5.41) is 2.92. The molecule has 0 aliphatic rings. The molecular weight excluding hydrogens is 282 g/mol. The lowest BCUT2D eigenvalue weighted by atomic mass is 10.2. The van der Waals surface area contributed by atoms with Crippen LogP contribution in [0.15, 0.2) is 53.4 Å². The van der Waals surface area contributed by atoms with Gasteiger partial charge in [-0.15, -0.1) is 11.8 Å². The first-order chi connectivity index (χ1) is 10.1. The summed E-state index contributed by atoms with van der Waals surface area (Å²) >= 11 is 1.60. The Morgan fingerprint density at radius 1 is 1.14 bits per heavy atom. The fourth-order valence-electron chi connectivity index (χ4n) is 1.91. The second kappa shape index (κ2) is 7.18. The molecule has 0 aliphatic heterocycles. The lowest BCUT2D eigenvalue weighted by Crippen LogP contribution is -2.30. The van der Waals surface area contributed by atoms with Gasteiger partial charge in [-0.25, -0.2) is 0 Å². The van der Waals surface area contributed by atoms with Gasteiger partial charge in [-0.3, -0.25) is 4.79 Å². The summed E-state index contributed by atoms with van der Waals surface area (Å²) in [6, 6.07) is 15.4. The fourth-order valence-corrected chi connectivity index (χ4v) is 2.47. The van der Waals surface area contributed by atoms with E-state index in [0.29, 0.717) is 0 Å². The van der Waals surface area contributed by atoms with Crippen molar-refractivity contribution in [3.05, 3.63) is 54.1 Å². The van der Waals surface area contributed by atoms with Crippen LogP contribution in [0, 0.1) is 6.92 Å². The lowest BCUT2D eigenvalue weighted by molar-refractivity contribution is -0.122. The number of carbonyl (C=O) groups is 1. The van der Waals surface area contributed by atoms with Crippen LogP contribution in [0.5, 0.6) is 5.75 Å². The summed E-state index contributed by atoms with van der Waals surface area (Å²) in [6.45, 7) is 3.71. The van der Waals surface area contributed by atoms with Crippen LogP contribution >= 0.6 is 11.8 Å². The van der Waals surface area contributed by atoms with Crippen molar-refractivity contribution in [3.8, 4) is 5.75 Å². The second-order valence-corrected chi connectivity index (χ2v) is 5.56. The van der Waals surface area contributed by atoms with Gasteiger partial charge in [0, 0.05) is 4.90 Å². The number of anilines is 1. The summed E-state index contributed by atoms with van der Waals surface area (Å²) in [6.07, 6.45) is 1.43. The minimum atomic E-state index is -0.555. The average Bonchev–Trinajstić information content (AvgIpc) is 2.50. The Kier molecular flexibility index (Phi) is 5.28. The molecule has 3 nitrogen and oxygen atoms in total. The molecule has 0 aliphatic carbocycles. The third-order valence-electron chi connectivity index (χ3n) is 3.13. The Balaban J connectivity index is 2.05. The maximum atomic E-state index is 12.3. The predicted molar refractivity (Wildman–Crippen MR) is 88.1 cm³/mol. The smallest absolute Gasteiger partial charge is 0.265 e. The number of aryl methyl sites for hydroxylation is 1. The van der Waals surface area contributed by atoms with Gasteiger partial charge in [0.15, 0.2) is 6.10 Å². The summed E-state index contributed by atoms with van der Waals surface area (Å²) in [4.78, 5) is 13.3. The van der Waals surface area contributed by atoms with Crippen molar-refractivity contribution in [2.24, 2.45) is 0 Å². The average molecular weight is 301 g/mol. The van der Waals surface area contributed by atoms with Gasteiger partial charge in [0.1, 0.15) is 5.75 Å². The van der Waals surface area contributed by atoms with Crippen molar-refractivity contribution in [3.63, 3.8) is 0 Å². The Morgan fingerprint density at radius 3 is 2.52 bits per heavy atom. The number of amides is 1. The van der Waals surface area contributed by atoms with Crippen molar-refractivity contribution < 1.29 is 9.53 Å². The normalized spacial score (nSPS) is 11.8. The Hall–Kier alpha value is -1.94. The van der Waals surface area contributed by atoms with E-state index in [-0.39, 0.29) is 5.91 Å². The molecule has 2 aromatic carbocycles. The Morgan fingerprint density at radius 2 is 1.81 bits per heavy atom. The van der Waals surface area contributed by atoms with Crippen molar-refractivity contribution >= 4 is 23.4 Å². The molecule has 0 radical (unpaired) electrons. The molecule has 0 saturated carbocycles. The number of para-hydroxylation sites is 2. The van der Waals surface area contributed by atoms with E-state index in [1.165, 1.54) is 0 Å². The molecule has 1 atom stereocenters. The highest BCUT2D eigenvalue weighted by molar-refractivity contribution is 7.98. The van der Waals surface area contributed by atoms with E-state index in [1.54, 1.807) is 18.7 Å². The van der Waals surface area contributed by atoms with Crippen LogP contribution in [0.25, 0.3) is 0 Å². The SMILES string of the molecule is CSc1ccccc1NC(=O)[C@@H](C)Oc1ccccc1C. The molecular formula is C17H19NO2S. The molecule has 21 heavy (non-hydrogen) atoms. The zero-order chi connectivity index (χ0) is 15.2. The quantitative estimate of drug-likeness (QED) is 0.844. The largest absolute Gasteiger partial charge is 0.481 e. The summed E-state index contributed by atoms with van der Waals surface area (Å²) < 4.78 is 5.73. The van der Waals surface area contributed by atoms with Gasteiger partial charge in [-0.1, -0.05) is 30.3 Å². The maximum Gasteiger partial charge on any atom is 0.265 e. The number of rotatable bonds is 5. The standard InChI is InChI=1S/C17H19NO2S/c1-12-8-4-6-10-15(12)20-13(2)17(19)18-14-9-5-7-11-16(14)21-3/h4-11,13H,1-3H3,(H,18,19)/t13-/m1/s1. The Bertz CT molecular complexity index is 628. The molecule has 0 unspecified atom stereocenters. The molecule has 0 saturated heterocycles. The van der Waals surface area contributed by atoms with E-state index >= 15 is 0 Å². The van der Waals surface area contributed by atoms with E-state index in [4.69, 9.17) is 4.74 Å². The molecule has 0 spiro atoms. The highest BCUT2D eigenvalue weighted by Crippen LogP contribution is 2.25. The topological polar surface area (TPSA) is 38.3 Å². The van der Waals surface area contributed by atoms with Crippen molar-refractivity contribution in [1.29, 1.82) is 0 Å². The first-order valence-corrected chi connectivity index (χ1v) is 8.00. The fraction of sp³-hybridized carbons (Fsp3) is 0.235. The first-order valence-electron chi connectivity index (χ1n) is 6.78. The summed E-state index contributed by atoms with van der Waals surface area (Å²) in [7, 11) is 0. The van der Waals surface area contributed by atoms with Crippen LogP contribution in [0.4, 0.5) is 5.69 Å². The number of carbonyl (C=O) groups excluding carboxylic acids is 1. The van der Waals surface area contributed by atoms with Gasteiger partial charge >= 0.3 is 0 Å². The van der Waals surface area contributed by atoms with Gasteiger partial charge in [0.25, 0.3) is 5.91 Å². The van der Waals surface area contributed by atoms with Crippen LogP contribution in [0.1, 0.15) is 12.5 Å². The predicted octanol–water partition coefficient (Wildman–Crippen LogP) is 4.12. The van der Waals surface area contributed by atoms with Crippen molar-refractivity contribution in [2.45, 2.75) is 24.8 Å². The third kappa shape index (κ3) is 4.02. The third-order valence-corrected chi connectivity index (χ3v) is 3.93. The summed E-state index contributed by atoms with van der Waals surface area (Å²) in [5.74, 6) is 0.582. The highest BCUT2D eigenvalue weighted by atomic mass is 32.2. The number of ether oxygens (including phenoxy) is 1. The number of thioether (sulfide) groups is 1. The van der Waals surface area contributed by atoms with Crippen LogP contribution < -0.4 is 10.1 Å². The van der Waals surface area contributed by atoms with E-state index in [0.717, 1.165) is 21.9 Å². The molecule has 1 N–H and O–H groups in total. The van der Waals surface area contributed by atoms with Crippen LogP contribution in [0.3, 0.4) is 0 Å². The van der Waals surface area contributed by atoms with Crippen molar-refractivity contribution in [1.82, 2.24) is 0 Å². The minimum absolute atomic E-state index is 0.153. The van der Waals surface area contributed by atoms with Gasteiger partial charge in [0.2, 0.25) is 0 Å². The molecule has 110 valence electrons. The first kappa shape index (κ1) is 15.4. The number of benzene rings is 2. The lowest BCUT2D eigenvalue weighted by Gasteiger charge is -2.17. The van der Waals surface area contributed by atoms with E-state index < -0.39 is 6.10 Å². The van der Waals surface area contributed by atoms with Crippen molar-refractivity contribution in [2.75, 3.05) is 11.6 Å². The monoisotopic (exact) mass is 301 g/mol. The van der Waals surface area contributed by atoms with Crippen LogP contribution in [-0.2, 0) is 4.79 Å². The van der Waals surface area contributed by atoms with E-state index in [2.05, 4.69) is 5.32 Å². The minimum Gasteiger partial charge on any atom is -0.481 e. The molecule has 0 fully saturated rings. The molecule has 2 rings (SSSR count). The van der Waals surface area contributed by atoms with E-state index in [9.17, 15) is 4.79 Å². The second-order valence-electron chi connectivity index (χ2n) is 4.72. The van der Waals surface area contributed by atoms with Crippen LogP contribution in [-0.4, -0.2) is 18.3 Å². The molecule has 1 amide bonds. The number of hydrogen-bond donors (Lipinski definition) is 1. The molecule has 0 bridgehead atoms. The van der Waals surface area contributed by atoms with Gasteiger partial charge < -0.3 is 10.1 Å². The molecule has 0 heterocycles. The van der Waals surface area contributed by atoms with Gasteiger partial charge in [0.05, 0.1) is 5.69 Å². The maximum absolute atomic E-state index is 12.3. The van der Waals surface area contributed by atoms with Gasteiger partial charge in [-0.2, -0.15) is 0 Å². The zero-order valence-corrected chi connectivity index (χ0v) is 13.2. The highest BCUT2D eigenvalue weighted by Gasteiger charge is 2.16. The number of hydrogen-bond acceptors (Lipinski definition) is 3. The molecule has 2 aromatic rings. The molecule has 4 heteroatoms. The van der Waals surface area contributed by atoms with Gasteiger partial charge in [-0.05, 0) is 43.9 Å². The Labute approximate surface area is 129 Å².